The highest BCUT2D eigenvalue weighted by atomic mass is 16.5. The van der Waals surface area contributed by atoms with Gasteiger partial charge in [0, 0.05) is 13.6 Å². The molecule has 0 bridgehead atoms. The van der Waals surface area contributed by atoms with Gasteiger partial charge >= 0.3 is 11.7 Å². The average Bonchev–Trinajstić information content (AvgIpc) is 2.95. The van der Waals surface area contributed by atoms with Crippen LogP contribution in [0.3, 0.4) is 0 Å². The standard InChI is InChI=1S/C21H20N4O3/c1-14-17(23-16-8-4-3-7-15(16)22-14)13-28-20(26)11-12-25-19-10-6-5-9-18(19)24(2)21(25)27/h3-10H,11-13H2,1-2H3. The minimum atomic E-state index is -0.380. The van der Waals surface area contributed by atoms with Crippen LogP contribution in [0, 0.1) is 6.92 Å². The van der Waals surface area contributed by atoms with Gasteiger partial charge in [-0.25, -0.2) is 14.8 Å². The van der Waals surface area contributed by atoms with Gasteiger partial charge in [-0.15, -0.1) is 0 Å². The van der Waals surface area contributed by atoms with E-state index >= 15 is 0 Å². The van der Waals surface area contributed by atoms with Crippen LogP contribution in [-0.4, -0.2) is 25.1 Å². The van der Waals surface area contributed by atoms with Crippen molar-refractivity contribution in [1.82, 2.24) is 19.1 Å². The maximum Gasteiger partial charge on any atom is 0.328 e. The maximum absolute atomic E-state index is 12.4. The Balaban J connectivity index is 1.44. The Kier molecular flexibility index (Phi) is 4.65. The van der Waals surface area contributed by atoms with Crippen molar-refractivity contribution < 1.29 is 9.53 Å². The van der Waals surface area contributed by atoms with Crippen molar-refractivity contribution in [2.75, 3.05) is 0 Å². The van der Waals surface area contributed by atoms with E-state index in [1.807, 2.05) is 55.5 Å². The molecule has 7 heteroatoms. The third-order valence-electron chi connectivity index (χ3n) is 4.80. The van der Waals surface area contributed by atoms with Crippen LogP contribution >= 0.6 is 0 Å². The Morgan fingerprint density at radius 2 is 1.64 bits per heavy atom. The number of aromatic nitrogens is 4. The second-order valence-corrected chi connectivity index (χ2v) is 6.64. The highest BCUT2D eigenvalue weighted by molar-refractivity contribution is 5.76. The molecule has 0 fully saturated rings. The average molecular weight is 376 g/mol. The van der Waals surface area contributed by atoms with E-state index < -0.39 is 0 Å². The van der Waals surface area contributed by atoms with Crippen molar-refractivity contribution in [2.24, 2.45) is 7.05 Å². The van der Waals surface area contributed by atoms with Crippen LogP contribution in [0.4, 0.5) is 0 Å². The first-order valence-corrected chi connectivity index (χ1v) is 9.07. The Bertz CT molecular complexity index is 1240. The zero-order valence-corrected chi connectivity index (χ0v) is 15.8. The van der Waals surface area contributed by atoms with Crippen LogP contribution in [0.1, 0.15) is 17.8 Å². The minimum Gasteiger partial charge on any atom is -0.459 e. The largest absolute Gasteiger partial charge is 0.459 e. The number of nitrogens with zero attached hydrogens (tertiary/aromatic N) is 4. The monoisotopic (exact) mass is 376 g/mol. The molecule has 7 nitrogen and oxygen atoms in total. The van der Waals surface area contributed by atoms with Crippen LogP contribution in [0.25, 0.3) is 22.1 Å². The molecule has 0 N–H and O–H groups in total. The van der Waals surface area contributed by atoms with Gasteiger partial charge in [-0.3, -0.25) is 13.9 Å². The highest BCUT2D eigenvalue weighted by Crippen LogP contribution is 2.14. The quantitative estimate of drug-likeness (QED) is 0.501. The van der Waals surface area contributed by atoms with Gasteiger partial charge in [0.25, 0.3) is 0 Å². The Labute approximate surface area is 161 Å². The molecule has 0 saturated heterocycles. The molecular formula is C21H20N4O3. The summed E-state index contributed by atoms with van der Waals surface area (Å²) >= 11 is 0. The first-order valence-electron chi connectivity index (χ1n) is 9.07. The van der Waals surface area contributed by atoms with E-state index in [1.165, 1.54) is 0 Å². The summed E-state index contributed by atoms with van der Waals surface area (Å²) in [4.78, 5) is 33.6. The second kappa shape index (κ2) is 7.26. The molecule has 0 aliphatic carbocycles. The van der Waals surface area contributed by atoms with Crippen LogP contribution in [0.5, 0.6) is 0 Å². The maximum atomic E-state index is 12.4. The molecular weight excluding hydrogens is 356 g/mol. The molecule has 142 valence electrons. The van der Waals surface area contributed by atoms with Crippen LogP contribution < -0.4 is 5.69 Å². The van der Waals surface area contributed by atoms with Crippen molar-refractivity contribution in [3.63, 3.8) is 0 Å². The highest BCUT2D eigenvalue weighted by Gasteiger charge is 2.13. The van der Waals surface area contributed by atoms with Crippen molar-refractivity contribution in [3.8, 4) is 0 Å². The van der Waals surface area contributed by atoms with Crippen molar-refractivity contribution in [1.29, 1.82) is 0 Å². The van der Waals surface area contributed by atoms with E-state index in [0.717, 1.165) is 27.8 Å². The van der Waals surface area contributed by atoms with Crippen LogP contribution in [0.15, 0.2) is 53.3 Å². The first-order chi connectivity index (χ1) is 13.5. The Morgan fingerprint density at radius 1 is 1.00 bits per heavy atom. The molecule has 2 aromatic heterocycles. The zero-order chi connectivity index (χ0) is 19.7. The van der Waals surface area contributed by atoms with E-state index in [-0.39, 0.29) is 31.2 Å². The molecule has 0 aliphatic heterocycles. The molecule has 0 spiro atoms. The minimum absolute atomic E-state index is 0.0624. The smallest absolute Gasteiger partial charge is 0.328 e. The van der Waals surface area contributed by atoms with E-state index in [1.54, 1.807) is 16.2 Å². The lowest BCUT2D eigenvalue weighted by molar-refractivity contribution is -0.145. The molecule has 2 aromatic carbocycles. The number of benzene rings is 2. The molecule has 4 aromatic rings. The number of fused-ring (bicyclic) bond motifs is 2. The fraction of sp³-hybridized carbons (Fsp3) is 0.238. The summed E-state index contributed by atoms with van der Waals surface area (Å²) in [5, 5.41) is 0. The number of carbonyl (C=O) groups excluding carboxylic acids is 1. The Hall–Kier alpha value is -3.48. The van der Waals surface area contributed by atoms with E-state index in [9.17, 15) is 9.59 Å². The second-order valence-electron chi connectivity index (χ2n) is 6.64. The summed E-state index contributed by atoms with van der Waals surface area (Å²) in [5.74, 6) is -0.380. The van der Waals surface area contributed by atoms with E-state index in [4.69, 9.17) is 4.74 Å². The summed E-state index contributed by atoms with van der Waals surface area (Å²) in [6.07, 6.45) is 0.105. The Morgan fingerprint density at radius 3 is 2.39 bits per heavy atom. The van der Waals surface area contributed by atoms with Gasteiger partial charge < -0.3 is 4.74 Å². The van der Waals surface area contributed by atoms with E-state index in [0.29, 0.717) is 5.69 Å². The number of hydrogen-bond acceptors (Lipinski definition) is 5. The summed E-state index contributed by atoms with van der Waals surface area (Å²) in [7, 11) is 1.72. The molecule has 0 unspecified atom stereocenters. The molecule has 2 heterocycles. The third-order valence-corrected chi connectivity index (χ3v) is 4.80. The molecule has 0 atom stereocenters. The van der Waals surface area contributed by atoms with Crippen molar-refractivity contribution in [3.05, 3.63) is 70.4 Å². The van der Waals surface area contributed by atoms with Gasteiger partial charge in [-0.1, -0.05) is 24.3 Å². The molecule has 0 radical (unpaired) electrons. The normalized spacial score (nSPS) is 11.2. The third kappa shape index (κ3) is 3.26. The number of esters is 1. The number of para-hydroxylation sites is 4. The van der Waals surface area contributed by atoms with Gasteiger partial charge in [-0.2, -0.15) is 0 Å². The molecule has 4 rings (SSSR count). The number of ether oxygens (including phenoxy) is 1. The number of carbonyl (C=O) groups is 1. The molecule has 0 saturated carbocycles. The van der Waals surface area contributed by atoms with Gasteiger partial charge in [0.15, 0.2) is 0 Å². The van der Waals surface area contributed by atoms with Gasteiger partial charge in [0.05, 0.1) is 39.9 Å². The first kappa shape index (κ1) is 17.9. The summed E-state index contributed by atoms with van der Waals surface area (Å²) in [6.45, 7) is 2.17. The summed E-state index contributed by atoms with van der Waals surface area (Å²) in [5.41, 5.74) is 4.44. The summed E-state index contributed by atoms with van der Waals surface area (Å²) in [6, 6.07) is 15.1. The summed E-state index contributed by atoms with van der Waals surface area (Å²) < 4.78 is 8.55. The number of rotatable bonds is 5. The van der Waals surface area contributed by atoms with Crippen LogP contribution in [-0.2, 0) is 29.7 Å². The lowest BCUT2D eigenvalue weighted by atomic mass is 10.2. The fourth-order valence-corrected chi connectivity index (χ4v) is 3.26. The number of imidazole rings is 1. The zero-order valence-electron chi connectivity index (χ0n) is 15.8. The lowest BCUT2D eigenvalue weighted by Gasteiger charge is -2.08. The number of aryl methyl sites for hydroxylation is 3. The number of hydrogen-bond donors (Lipinski definition) is 0. The van der Waals surface area contributed by atoms with Crippen molar-refractivity contribution in [2.45, 2.75) is 26.5 Å². The van der Waals surface area contributed by atoms with Gasteiger partial charge in [0.1, 0.15) is 6.61 Å². The molecule has 0 aliphatic rings. The van der Waals surface area contributed by atoms with Gasteiger partial charge in [-0.05, 0) is 31.2 Å². The fourth-order valence-electron chi connectivity index (χ4n) is 3.26. The SMILES string of the molecule is Cc1nc2ccccc2nc1COC(=O)CCn1c(=O)n(C)c2ccccc21. The topological polar surface area (TPSA) is 79.0 Å². The predicted molar refractivity (Wildman–Crippen MR) is 106 cm³/mol. The van der Waals surface area contributed by atoms with Gasteiger partial charge in [0.2, 0.25) is 0 Å². The lowest BCUT2D eigenvalue weighted by Crippen LogP contribution is -2.23. The van der Waals surface area contributed by atoms with Crippen molar-refractivity contribution >= 4 is 28.0 Å². The van der Waals surface area contributed by atoms with Crippen LogP contribution in [0.2, 0.25) is 0 Å². The van der Waals surface area contributed by atoms with E-state index in [2.05, 4.69) is 9.97 Å². The molecule has 28 heavy (non-hydrogen) atoms. The molecule has 0 amide bonds. The predicted octanol–water partition coefficient (Wildman–Crippen LogP) is 2.73.